The van der Waals surface area contributed by atoms with Gasteiger partial charge in [-0.3, -0.25) is 19.0 Å². The fourth-order valence-corrected chi connectivity index (χ4v) is 5.56. The molecule has 2 aromatic rings. The number of carbonyl (C=O) groups is 2. The van der Waals surface area contributed by atoms with E-state index >= 15 is 0 Å². The fraction of sp³-hybridized carbons (Fsp3) is 0.500. The van der Waals surface area contributed by atoms with E-state index in [4.69, 9.17) is 0 Å². The summed E-state index contributed by atoms with van der Waals surface area (Å²) in [5.41, 5.74) is 0.592. The van der Waals surface area contributed by atoms with Gasteiger partial charge in [-0.05, 0) is 69.2 Å². The van der Waals surface area contributed by atoms with E-state index in [1.165, 1.54) is 6.33 Å². The summed E-state index contributed by atoms with van der Waals surface area (Å²) in [6.45, 7) is 3.67. The Morgan fingerprint density at radius 3 is 2.56 bits per heavy atom. The molecule has 1 saturated heterocycles. The van der Waals surface area contributed by atoms with E-state index in [1.54, 1.807) is 16.7 Å². The average molecular weight is 435 g/mol. The second kappa shape index (κ2) is 6.86. The fourth-order valence-electron chi connectivity index (χ4n) is 5.56. The van der Waals surface area contributed by atoms with Gasteiger partial charge in [0.2, 0.25) is 5.91 Å². The zero-order chi connectivity index (χ0) is 22.0. The molecule has 32 heavy (non-hydrogen) atoms. The topological polar surface area (TPSA) is 130 Å². The Morgan fingerprint density at radius 1 is 1.12 bits per heavy atom. The van der Waals surface area contributed by atoms with Crippen molar-refractivity contribution < 1.29 is 9.59 Å². The van der Waals surface area contributed by atoms with Gasteiger partial charge in [-0.25, -0.2) is 9.97 Å². The second-order valence-electron chi connectivity index (χ2n) is 9.48. The maximum Gasteiger partial charge on any atom is 0.276 e. The van der Waals surface area contributed by atoms with E-state index in [0.29, 0.717) is 34.9 Å². The zero-order valence-electron chi connectivity index (χ0n) is 17.8. The van der Waals surface area contributed by atoms with Crippen LogP contribution in [0.15, 0.2) is 23.3 Å². The summed E-state index contributed by atoms with van der Waals surface area (Å²) in [6, 6.07) is 3.30. The van der Waals surface area contributed by atoms with Gasteiger partial charge in [-0.15, -0.1) is 0 Å². The first-order valence-corrected chi connectivity index (χ1v) is 11.1. The van der Waals surface area contributed by atoms with Crippen LogP contribution in [0.2, 0.25) is 0 Å². The largest absolute Gasteiger partial charge is 0.336 e. The molecular formula is C22H25N7O3. The van der Waals surface area contributed by atoms with E-state index < -0.39 is 5.66 Å². The van der Waals surface area contributed by atoms with Crippen molar-refractivity contribution in [1.82, 2.24) is 25.2 Å². The molecule has 4 N–H and O–H groups in total. The van der Waals surface area contributed by atoms with Crippen LogP contribution in [0, 0.1) is 24.7 Å². The molecule has 3 fully saturated rings. The average Bonchev–Trinajstić information content (AvgIpc) is 3.34. The van der Waals surface area contributed by atoms with Crippen LogP contribution >= 0.6 is 0 Å². The first kappa shape index (κ1) is 19.4. The number of nitrogens with one attached hydrogen (secondary N) is 4. The quantitative estimate of drug-likeness (QED) is 0.565. The van der Waals surface area contributed by atoms with Gasteiger partial charge in [0.1, 0.15) is 35.0 Å². The maximum atomic E-state index is 13.6. The van der Waals surface area contributed by atoms with E-state index in [0.717, 1.165) is 44.3 Å². The molecule has 2 aromatic heterocycles. The third kappa shape index (κ3) is 3.01. The standard InChI is InChI=1S/C22H25N7O3/c1-11-4-15(26-16-5-17(25-10-24-16)27-19(30)12-2-3-12)21(32)29-18(11)20(31)28-22(29)6-13-8-23-9-14(13)7-22/h4-5,10,12-14,23H,2-3,6-9H2,1H3,(H,28,31)(H2,24,25,26,27,30). The number of fused-ring (bicyclic) bond motifs is 3. The molecule has 4 heterocycles. The number of carbonyl (C=O) groups excluding carboxylic acids is 2. The summed E-state index contributed by atoms with van der Waals surface area (Å²) in [6.07, 6.45) is 4.65. The lowest BCUT2D eigenvalue weighted by molar-refractivity contribution is -0.117. The van der Waals surface area contributed by atoms with Gasteiger partial charge in [0.05, 0.1) is 0 Å². The molecule has 2 aliphatic heterocycles. The SMILES string of the molecule is Cc1cc(Nc2cc(NC(=O)C3CC3)ncn2)c(=O)n2c1C(=O)NC21CC2CNCC2C1. The van der Waals surface area contributed by atoms with Crippen LogP contribution < -0.4 is 26.8 Å². The molecule has 2 saturated carbocycles. The lowest BCUT2D eigenvalue weighted by Gasteiger charge is -2.28. The highest BCUT2D eigenvalue weighted by Crippen LogP contribution is 2.46. The molecule has 0 aromatic carbocycles. The Hall–Kier alpha value is -3.27. The number of hydrogen-bond acceptors (Lipinski definition) is 7. The Balaban J connectivity index is 1.34. The van der Waals surface area contributed by atoms with Crippen molar-refractivity contribution in [3.63, 3.8) is 0 Å². The third-order valence-corrected chi connectivity index (χ3v) is 7.19. The molecule has 0 radical (unpaired) electrons. The summed E-state index contributed by atoms with van der Waals surface area (Å²) >= 11 is 0. The van der Waals surface area contributed by atoms with Gasteiger partial charge in [-0.2, -0.15) is 0 Å². The summed E-state index contributed by atoms with van der Waals surface area (Å²) in [4.78, 5) is 46.8. The molecule has 2 amide bonds. The van der Waals surface area contributed by atoms with E-state index in [1.807, 2.05) is 6.92 Å². The number of aromatic nitrogens is 3. The first-order chi connectivity index (χ1) is 15.4. The number of pyridine rings is 1. The van der Waals surface area contributed by atoms with E-state index in [9.17, 15) is 14.4 Å². The third-order valence-electron chi connectivity index (χ3n) is 7.19. The van der Waals surface area contributed by atoms with Gasteiger partial charge in [0, 0.05) is 12.0 Å². The molecule has 2 atom stereocenters. The molecule has 10 heteroatoms. The van der Waals surface area contributed by atoms with E-state index in [2.05, 4.69) is 31.2 Å². The van der Waals surface area contributed by atoms with Crippen LogP contribution in [0.5, 0.6) is 0 Å². The Bertz CT molecular complexity index is 1190. The molecule has 2 aliphatic carbocycles. The van der Waals surface area contributed by atoms with Crippen molar-refractivity contribution in [2.24, 2.45) is 17.8 Å². The van der Waals surface area contributed by atoms with Crippen molar-refractivity contribution in [3.8, 4) is 0 Å². The molecule has 0 bridgehead atoms. The maximum absolute atomic E-state index is 13.6. The Kier molecular flexibility index (Phi) is 4.16. The number of rotatable bonds is 4. The highest BCUT2D eigenvalue weighted by Gasteiger charge is 2.54. The summed E-state index contributed by atoms with van der Waals surface area (Å²) in [5, 5.41) is 12.4. The predicted molar refractivity (Wildman–Crippen MR) is 117 cm³/mol. The minimum Gasteiger partial charge on any atom is -0.336 e. The number of aryl methyl sites for hydroxylation is 1. The molecular weight excluding hydrogens is 410 g/mol. The van der Waals surface area contributed by atoms with Crippen molar-refractivity contribution in [3.05, 3.63) is 40.1 Å². The van der Waals surface area contributed by atoms with Crippen molar-refractivity contribution >= 4 is 29.1 Å². The minimum absolute atomic E-state index is 0.0455. The van der Waals surface area contributed by atoms with Crippen LogP contribution in [0.3, 0.4) is 0 Å². The Morgan fingerprint density at radius 2 is 1.84 bits per heavy atom. The van der Waals surface area contributed by atoms with Crippen molar-refractivity contribution in [1.29, 1.82) is 0 Å². The second-order valence-corrected chi connectivity index (χ2v) is 9.48. The summed E-state index contributed by atoms with van der Waals surface area (Å²) in [5.74, 6) is 1.52. The highest BCUT2D eigenvalue weighted by atomic mass is 16.2. The van der Waals surface area contributed by atoms with Crippen molar-refractivity contribution in [2.75, 3.05) is 23.7 Å². The molecule has 2 unspecified atom stereocenters. The van der Waals surface area contributed by atoms with Crippen LogP contribution in [-0.4, -0.2) is 39.4 Å². The molecule has 1 spiro atoms. The van der Waals surface area contributed by atoms with Gasteiger partial charge < -0.3 is 21.3 Å². The molecule has 10 nitrogen and oxygen atoms in total. The molecule has 6 rings (SSSR count). The summed E-state index contributed by atoms with van der Waals surface area (Å²) in [7, 11) is 0. The lowest BCUT2D eigenvalue weighted by Crippen LogP contribution is -2.46. The molecule has 4 aliphatic rings. The van der Waals surface area contributed by atoms with Crippen LogP contribution in [0.1, 0.15) is 41.7 Å². The van der Waals surface area contributed by atoms with Gasteiger partial charge in [0.15, 0.2) is 0 Å². The predicted octanol–water partition coefficient (Wildman–Crippen LogP) is 1.06. The first-order valence-electron chi connectivity index (χ1n) is 11.1. The van der Waals surface area contributed by atoms with Gasteiger partial charge in [-0.1, -0.05) is 0 Å². The zero-order valence-corrected chi connectivity index (χ0v) is 17.8. The van der Waals surface area contributed by atoms with Crippen LogP contribution in [-0.2, 0) is 10.5 Å². The highest BCUT2D eigenvalue weighted by molar-refractivity contribution is 5.97. The monoisotopic (exact) mass is 435 g/mol. The number of amides is 2. The normalized spacial score (nSPS) is 27.8. The molecule has 166 valence electrons. The van der Waals surface area contributed by atoms with Crippen LogP contribution in [0.4, 0.5) is 17.3 Å². The number of anilines is 3. The van der Waals surface area contributed by atoms with Crippen molar-refractivity contribution in [2.45, 2.75) is 38.3 Å². The summed E-state index contributed by atoms with van der Waals surface area (Å²) < 4.78 is 1.67. The number of nitrogens with zero attached hydrogens (tertiary/aromatic N) is 3. The minimum atomic E-state index is -0.668. The Labute approximate surface area is 184 Å². The van der Waals surface area contributed by atoms with Crippen LogP contribution in [0.25, 0.3) is 0 Å². The van der Waals surface area contributed by atoms with Gasteiger partial charge in [0.25, 0.3) is 11.5 Å². The number of hydrogen-bond donors (Lipinski definition) is 4. The van der Waals surface area contributed by atoms with Gasteiger partial charge >= 0.3 is 0 Å². The lowest BCUT2D eigenvalue weighted by atomic mass is 10.0. The smallest absolute Gasteiger partial charge is 0.276 e. The van der Waals surface area contributed by atoms with E-state index in [-0.39, 0.29) is 23.3 Å².